The first-order valence-corrected chi connectivity index (χ1v) is 6.94. The summed E-state index contributed by atoms with van der Waals surface area (Å²) in [6.45, 7) is 2.31. The van der Waals surface area contributed by atoms with Gasteiger partial charge in [0, 0.05) is 6.04 Å². The van der Waals surface area contributed by atoms with Crippen LogP contribution in [0.3, 0.4) is 0 Å². The molecule has 1 aromatic heterocycles. The first-order chi connectivity index (χ1) is 9.24. The molecule has 0 spiro atoms. The fourth-order valence-electron chi connectivity index (χ4n) is 2.96. The van der Waals surface area contributed by atoms with Crippen molar-refractivity contribution in [1.82, 2.24) is 15.2 Å². The molecule has 4 heteroatoms. The molecule has 0 saturated carbocycles. The van der Waals surface area contributed by atoms with Crippen LogP contribution in [0.2, 0.25) is 0 Å². The fourth-order valence-corrected chi connectivity index (χ4v) is 2.96. The van der Waals surface area contributed by atoms with Crippen LogP contribution in [0.25, 0.3) is 11.1 Å². The number of hydrogen-bond acceptors (Lipinski definition) is 4. The Morgan fingerprint density at radius 2 is 2.37 bits per heavy atom. The van der Waals surface area contributed by atoms with Crippen LogP contribution in [-0.2, 0) is 0 Å². The molecule has 0 amide bonds. The smallest absolute Gasteiger partial charge is 0.181 e. The molecule has 1 N–H and O–H groups in total. The van der Waals surface area contributed by atoms with E-state index in [1.165, 1.54) is 24.8 Å². The Bertz CT molecular complexity index is 543. The van der Waals surface area contributed by atoms with Gasteiger partial charge in [0.2, 0.25) is 0 Å². The lowest BCUT2D eigenvalue weighted by molar-refractivity contribution is 0.253. The molecule has 19 heavy (non-hydrogen) atoms. The molecule has 2 atom stereocenters. The third-order valence-electron chi connectivity index (χ3n) is 4.08. The van der Waals surface area contributed by atoms with E-state index >= 15 is 0 Å². The van der Waals surface area contributed by atoms with E-state index in [1.54, 1.807) is 0 Å². The molecule has 2 unspecified atom stereocenters. The summed E-state index contributed by atoms with van der Waals surface area (Å²) in [4.78, 5) is 6.48. The number of nitrogens with zero attached hydrogens (tertiary/aromatic N) is 2. The summed E-state index contributed by atoms with van der Waals surface area (Å²) in [6.07, 6.45) is 3.99. The minimum absolute atomic E-state index is 0.444. The first-order valence-electron chi connectivity index (χ1n) is 6.94. The molecule has 3 rings (SSSR count). The highest BCUT2D eigenvalue weighted by atomic mass is 16.3. The molecule has 4 nitrogen and oxygen atoms in total. The topological polar surface area (TPSA) is 41.3 Å². The molecule has 2 aromatic rings. The van der Waals surface area contributed by atoms with Crippen LogP contribution in [0, 0.1) is 5.92 Å². The largest absolute Gasteiger partial charge is 0.443 e. The van der Waals surface area contributed by atoms with Gasteiger partial charge in [-0.1, -0.05) is 6.07 Å². The van der Waals surface area contributed by atoms with Crippen molar-refractivity contribution in [3.63, 3.8) is 0 Å². The van der Waals surface area contributed by atoms with Crippen LogP contribution in [0.5, 0.6) is 0 Å². The molecule has 1 saturated heterocycles. The molecule has 1 aromatic carbocycles. The van der Waals surface area contributed by atoms with E-state index in [9.17, 15) is 0 Å². The summed E-state index contributed by atoms with van der Waals surface area (Å²) in [5.41, 5.74) is 3.14. The van der Waals surface area contributed by atoms with Crippen LogP contribution in [-0.4, -0.2) is 37.1 Å². The van der Waals surface area contributed by atoms with Crippen molar-refractivity contribution in [3.05, 3.63) is 30.2 Å². The maximum Gasteiger partial charge on any atom is 0.181 e. The Morgan fingerprint density at radius 3 is 3.11 bits per heavy atom. The van der Waals surface area contributed by atoms with E-state index in [0.717, 1.165) is 30.1 Å². The van der Waals surface area contributed by atoms with Gasteiger partial charge in [-0.05, 0) is 63.6 Å². The number of rotatable bonds is 4. The molecule has 102 valence electrons. The van der Waals surface area contributed by atoms with Gasteiger partial charge in [0.05, 0.1) is 0 Å². The van der Waals surface area contributed by atoms with Gasteiger partial charge in [0.1, 0.15) is 5.52 Å². The van der Waals surface area contributed by atoms with Crippen molar-refractivity contribution in [2.24, 2.45) is 5.92 Å². The monoisotopic (exact) mass is 259 g/mol. The summed E-state index contributed by atoms with van der Waals surface area (Å²) in [5.74, 6) is 0.776. The number of hydrogen-bond donors (Lipinski definition) is 1. The fraction of sp³-hybridized carbons (Fsp3) is 0.533. The zero-order valence-electron chi connectivity index (χ0n) is 11.6. The van der Waals surface area contributed by atoms with Crippen molar-refractivity contribution < 1.29 is 4.42 Å². The summed E-state index contributed by atoms with van der Waals surface area (Å²) >= 11 is 0. The minimum Gasteiger partial charge on any atom is -0.443 e. The van der Waals surface area contributed by atoms with Crippen LogP contribution in [0.1, 0.15) is 24.4 Å². The van der Waals surface area contributed by atoms with Crippen molar-refractivity contribution in [1.29, 1.82) is 0 Å². The van der Waals surface area contributed by atoms with E-state index in [1.807, 2.05) is 0 Å². The van der Waals surface area contributed by atoms with E-state index in [0.29, 0.717) is 6.04 Å². The zero-order valence-corrected chi connectivity index (χ0v) is 11.6. The van der Waals surface area contributed by atoms with Gasteiger partial charge in [-0.2, -0.15) is 0 Å². The zero-order chi connectivity index (χ0) is 13.2. The van der Waals surface area contributed by atoms with Crippen LogP contribution < -0.4 is 5.32 Å². The Kier molecular flexibility index (Phi) is 3.53. The summed E-state index contributed by atoms with van der Waals surface area (Å²) < 4.78 is 5.42. The average molecular weight is 259 g/mol. The average Bonchev–Trinajstić information content (AvgIpc) is 3.05. The second-order valence-corrected chi connectivity index (χ2v) is 5.65. The Hall–Kier alpha value is -1.39. The van der Waals surface area contributed by atoms with E-state index in [2.05, 4.69) is 47.5 Å². The maximum atomic E-state index is 5.42. The third kappa shape index (κ3) is 2.65. The van der Waals surface area contributed by atoms with Crippen LogP contribution >= 0.6 is 0 Å². The molecular formula is C15H21N3O. The lowest BCUT2D eigenvalue weighted by Gasteiger charge is -2.27. The van der Waals surface area contributed by atoms with Gasteiger partial charge in [-0.25, -0.2) is 4.98 Å². The standard InChI is InChI=1S/C15H21N3O/c1-18(2)14(7-11-5-6-16-9-11)12-3-4-13-15(8-12)19-10-17-13/h3-4,8,10-11,14,16H,5-7,9H2,1-2H3. The van der Waals surface area contributed by atoms with Crippen molar-refractivity contribution >= 4 is 11.1 Å². The predicted molar refractivity (Wildman–Crippen MR) is 76.0 cm³/mol. The molecule has 1 fully saturated rings. The number of fused-ring (bicyclic) bond motifs is 1. The van der Waals surface area contributed by atoms with Crippen molar-refractivity contribution in [2.75, 3.05) is 27.2 Å². The molecule has 1 aliphatic rings. The maximum absolute atomic E-state index is 5.42. The Morgan fingerprint density at radius 1 is 1.47 bits per heavy atom. The van der Waals surface area contributed by atoms with Gasteiger partial charge < -0.3 is 14.6 Å². The second kappa shape index (κ2) is 5.31. The Labute approximate surface area is 113 Å². The van der Waals surface area contributed by atoms with Crippen molar-refractivity contribution in [2.45, 2.75) is 18.9 Å². The van der Waals surface area contributed by atoms with E-state index in [-0.39, 0.29) is 0 Å². The lowest BCUT2D eigenvalue weighted by atomic mass is 9.93. The SMILES string of the molecule is CN(C)C(CC1CCNC1)c1ccc2ncoc2c1. The van der Waals surface area contributed by atoms with Gasteiger partial charge in [0.15, 0.2) is 12.0 Å². The number of nitrogens with one attached hydrogen (secondary N) is 1. The molecule has 0 bridgehead atoms. The second-order valence-electron chi connectivity index (χ2n) is 5.65. The normalized spacial score (nSPS) is 21.3. The minimum atomic E-state index is 0.444. The summed E-state index contributed by atoms with van der Waals surface area (Å²) in [5, 5.41) is 3.45. The number of oxazole rings is 1. The predicted octanol–water partition coefficient (Wildman–Crippen LogP) is 2.43. The molecule has 0 radical (unpaired) electrons. The highest BCUT2D eigenvalue weighted by Gasteiger charge is 2.23. The summed E-state index contributed by atoms with van der Waals surface area (Å²) in [6, 6.07) is 6.81. The van der Waals surface area contributed by atoms with Crippen molar-refractivity contribution in [3.8, 4) is 0 Å². The lowest BCUT2D eigenvalue weighted by Crippen LogP contribution is -2.23. The first kappa shape index (κ1) is 12.6. The molecular weight excluding hydrogens is 238 g/mol. The molecule has 0 aliphatic carbocycles. The van der Waals surface area contributed by atoms with Crippen LogP contribution in [0.15, 0.2) is 29.0 Å². The van der Waals surface area contributed by atoms with Gasteiger partial charge in [0.25, 0.3) is 0 Å². The summed E-state index contributed by atoms with van der Waals surface area (Å²) in [7, 11) is 4.30. The number of aromatic nitrogens is 1. The highest BCUT2D eigenvalue weighted by molar-refractivity contribution is 5.72. The highest BCUT2D eigenvalue weighted by Crippen LogP contribution is 2.30. The van der Waals surface area contributed by atoms with E-state index in [4.69, 9.17) is 4.42 Å². The quantitative estimate of drug-likeness (QED) is 0.915. The third-order valence-corrected chi connectivity index (χ3v) is 4.08. The van der Waals surface area contributed by atoms with Gasteiger partial charge >= 0.3 is 0 Å². The van der Waals surface area contributed by atoms with E-state index < -0.39 is 0 Å². The molecule has 2 heterocycles. The van der Waals surface area contributed by atoms with Gasteiger partial charge in [-0.15, -0.1) is 0 Å². The Balaban J connectivity index is 1.85. The van der Waals surface area contributed by atoms with Gasteiger partial charge in [-0.3, -0.25) is 0 Å². The number of benzene rings is 1. The molecule has 1 aliphatic heterocycles. The van der Waals surface area contributed by atoms with Crippen LogP contribution in [0.4, 0.5) is 0 Å².